The predicted octanol–water partition coefficient (Wildman–Crippen LogP) is 1.98. The van der Waals surface area contributed by atoms with Crippen LogP contribution in [0.25, 0.3) is 0 Å². The second-order valence-corrected chi connectivity index (χ2v) is 7.58. The average Bonchev–Trinajstić information content (AvgIpc) is 3.15. The standard InChI is InChI=1S/C21H25N3O5/c1-11-8-12(2)24(4)21(26)15(11)20(25)22-16-13-6-7-23(3)9-14(13)17(27-5)19-18(16)28-10-29-19/h8H,6-7,9-10H2,1-5H3,(H,22,25). The molecule has 1 amide bonds. The Morgan fingerprint density at radius 3 is 2.62 bits per heavy atom. The number of rotatable bonds is 3. The molecule has 3 heterocycles. The second-order valence-electron chi connectivity index (χ2n) is 7.58. The Labute approximate surface area is 169 Å². The van der Waals surface area contributed by atoms with Crippen molar-refractivity contribution >= 4 is 11.6 Å². The van der Waals surface area contributed by atoms with E-state index in [1.165, 1.54) is 4.57 Å². The van der Waals surface area contributed by atoms with E-state index in [4.69, 9.17) is 14.2 Å². The highest BCUT2D eigenvalue weighted by Gasteiger charge is 2.33. The van der Waals surface area contributed by atoms with Gasteiger partial charge in [-0.1, -0.05) is 0 Å². The molecule has 2 aliphatic heterocycles. The van der Waals surface area contributed by atoms with E-state index in [0.717, 1.165) is 29.8 Å². The van der Waals surface area contributed by atoms with Gasteiger partial charge in [0.15, 0.2) is 11.5 Å². The first kappa shape index (κ1) is 19.3. The van der Waals surface area contributed by atoms with Crippen LogP contribution in [-0.4, -0.2) is 42.9 Å². The fourth-order valence-electron chi connectivity index (χ4n) is 4.07. The maximum atomic E-state index is 13.2. The predicted molar refractivity (Wildman–Crippen MR) is 108 cm³/mol. The fraction of sp³-hybridized carbons (Fsp3) is 0.429. The van der Waals surface area contributed by atoms with Gasteiger partial charge in [-0.05, 0) is 44.5 Å². The Kier molecular flexibility index (Phi) is 4.74. The summed E-state index contributed by atoms with van der Waals surface area (Å²) in [5, 5.41) is 2.95. The summed E-state index contributed by atoms with van der Waals surface area (Å²) in [4.78, 5) is 28.1. The topological polar surface area (TPSA) is 82.0 Å². The summed E-state index contributed by atoms with van der Waals surface area (Å²) in [6.07, 6.45) is 0.722. The molecule has 1 N–H and O–H groups in total. The number of aromatic nitrogens is 1. The van der Waals surface area contributed by atoms with Gasteiger partial charge in [-0.2, -0.15) is 0 Å². The summed E-state index contributed by atoms with van der Waals surface area (Å²) in [5.74, 6) is 1.14. The largest absolute Gasteiger partial charge is 0.492 e. The maximum Gasteiger partial charge on any atom is 0.263 e. The summed E-state index contributed by atoms with van der Waals surface area (Å²) in [6.45, 7) is 5.17. The van der Waals surface area contributed by atoms with Crippen molar-refractivity contribution in [3.8, 4) is 17.2 Å². The third-order valence-corrected chi connectivity index (χ3v) is 5.69. The first-order valence-corrected chi connectivity index (χ1v) is 9.51. The molecule has 1 aromatic heterocycles. The van der Waals surface area contributed by atoms with Crippen LogP contribution in [0.3, 0.4) is 0 Å². The van der Waals surface area contributed by atoms with E-state index < -0.39 is 5.91 Å². The molecule has 4 rings (SSSR count). The molecule has 0 bridgehead atoms. The zero-order valence-corrected chi connectivity index (χ0v) is 17.3. The molecule has 0 atom stereocenters. The number of nitrogens with one attached hydrogen (secondary N) is 1. The smallest absolute Gasteiger partial charge is 0.263 e. The van der Waals surface area contributed by atoms with Crippen LogP contribution in [0.5, 0.6) is 17.2 Å². The van der Waals surface area contributed by atoms with Crippen molar-refractivity contribution < 1.29 is 19.0 Å². The number of aryl methyl sites for hydroxylation is 2. The highest BCUT2D eigenvalue weighted by Crippen LogP contribution is 2.52. The lowest BCUT2D eigenvalue weighted by atomic mass is 9.95. The SMILES string of the molecule is COc1c2c(c(NC(=O)c3c(C)cc(C)n(C)c3=O)c3c1OCO3)CCN(C)C2. The average molecular weight is 399 g/mol. The van der Waals surface area contributed by atoms with Crippen molar-refractivity contribution in [3.63, 3.8) is 0 Å². The number of likely N-dealkylation sites (N-methyl/N-ethyl adjacent to an activating group) is 1. The van der Waals surface area contributed by atoms with Crippen molar-refractivity contribution in [3.05, 3.63) is 44.4 Å². The number of carbonyl (C=O) groups excluding carboxylic acids is 1. The van der Waals surface area contributed by atoms with Crippen LogP contribution in [0.15, 0.2) is 10.9 Å². The number of anilines is 1. The first-order valence-electron chi connectivity index (χ1n) is 9.51. The van der Waals surface area contributed by atoms with Crippen LogP contribution < -0.4 is 25.1 Å². The van der Waals surface area contributed by atoms with Crippen LogP contribution in [-0.2, 0) is 20.0 Å². The van der Waals surface area contributed by atoms with E-state index >= 15 is 0 Å². The molecule has 29 heavy (non-hydrogen) atoms. The molecule has 2 aliphatic rings. The Morgan fingerprint density at radius 1 is 1.17 bits per heavy atom. The first-order chi connectivity index (χ1) is 13.8. The summed E-state index contributed by atoms with van der Waals surface area (Å²) >= 11 is 0. The highest BCUT2D eigenvalue weighted by atomic mass is 16.7. The minimum atomic E-state index is -0.452. The van der Waals surface area contributed by atoms with E-state index in [9.17, 15) is 9.59 Å². The minimum Gasteiger partial charge on any atom is -0.492 e. The van der Waals surface area contributed by atoms with Gasteiger partial charge in [0.1, 0.15) is 5.56 Å². The Balaban J connectivity index is 1.84. The van der Waals surface area contributed by atoms with Gasteiger partial charge < -0.3 is 29.0 Å². The lowest BCUT2D eigenvalue weighted by Crippen LogP contribution is -2.31. The molecule has 0 radical (unpaired) electrons. The molecule has 2 aromatic rings. The zero-order chi connectivity index (χ0) is 20.9. The van der Waals surface area contributed by atoms with Gasteiger partial charge in [0, 0.05) is 31.4 Å². The molecule has 154 valence electrons. The Morgan fingerprint density at radius 2 is 1.90 bits per heavy atom. The highest BCUT2D eigenvalue weighted by molar-refractivity contribution is 6.07. The van der Waals surface area contributed by atoms with Gasteiger partial charge in [0.05, 0.1) is 12.8 Å². The fourth-order valence-corrected chi connectivity index (χ4v) is 4.07. The number of hydrogen-bond acceptors (Lipinski definition) is 6. The van der Waals surface area contributed by atoms with E-state index in [-0.39, 0.29) is 17.9 Å². The molecule has 0 saturated heterocycles. The number of methoxy groups -OCH3 is 1. The molecule has 8 nitrogen and oxygen atoms in total. The number of pyridine rings is 1. The summed E-state index contributed by atoms with van der Waals surface area (Å²) in [6, 6.07) is 1.83. The van der Waals surface area contributed by atoms with Crippen LogP contribution in [0.1, 0.15) is 32.7 Å². The quantitative estimate of drug-likeness (QED) is 0.850. The minimum absolute atomic E-state index is 0.0542. The third-order valence-electron chi connectivity index (χ3n) is 5.69. The normalized spacial score (nSPS) is 15.2. The van der Waals surface area contributed by atoms with Gasteiger partial charge in [-0.25, -0.2) is 0 Å². The number of nitrogens with zero attached hydrogens (tertiary/aromatic N) is 2. The van der Waals surface area contributed by atoms with Gasteiger partial charge in [0.2, 0.25) is 12.5 Å². The van der Waals surface area contributed by atoms with Crippen molar-refractivity contribution in [1.82, 2.24) is 9.47 Å². The van der Waals surface area contributed by atoms with Crippen molar-refractivity contribution in [1.29, 1.82) is 0 Å². The molecule has 0 spiro atoms. The second kappa shape index (κ2) is 7.11. The van der Waals surface area contributed by atoms with Gasteiger partial charge >= 0.3 is 0 Å². The molecule has 1 aromatic carbocycles. The molecule has 0 saturated carbocycles. The van der Waals surface area contributed by atoms with E-state index in [0.29, 0.717) is 35.0 Å². The molecule has 0 unspecified atom stereocenters. The third kappa shape index (κ3) is 3.04. The molecular weight excluding hydrogens is 374 g/mol. The van der Waals surface area contributed by atoms with Gasteiger partial charge in [0.25, 0.3) is 11.5 Å². The summed E-state index contributed by atoms with van der Waals surface area (Å²) < 4.78 is 18.4. The molecular formula is C21H25N3O5. The molecule has 0 fully saturated rings. The molecule has 0 aliphatic carbocycles. The van der Waals surface area contributed by atoms with E-state index in [1.807, 2.05) is 20.0 Å². The van der Waals surface area contributed by atoms with Gasteiger partial charge in [-0.15, -0.1) is 0 Å². The van der Waals surface area contributed by atoms with Crippen LogP contribution >= 0.6 is 0 Å². The summed E-state index contributed by atoms with van der Waals surface area (Å²) in [5.41, 5.74) is 3.73. The number of benzene rings is 1. The number of carbonyl (C=O) groups is 1. The van der Waals surface area contributed by atoms with Crippen LogP contribution in [0, 0.1) is 13.8 Å². The number of amides is 1. The Bertz CT molecular complexity index is 1070. The van der Waals surface area contributed by atoms with Gasteiger partial charge in [-0.3, -0.25) is 9.59 Å². The summed E-state index contributed by atoms with van der Waals surface area (Å²) in [7, 11) is 5.29. The van der Waals surface area contributed by atoms with E-state index in [1.54, 1.807) is 21.1 Å². The number of hydrogen-bond donors (Lipinski definition) is 1. The monoisotopic (exact) mass is 399 g/mol. The van der Waals surface area contributed by atoms with E-state index in [2.05, 4.69) is 10.2 Å². The number of ether oxygens (including phenoxy) is 3. The maximum absolute atomic E-state index is 13.2. The lowest BCUT2D eigenvalue weighted by Gasteiger charge is -2.29. The molecule has 8 heteroatoms. The van der Waals surface area contributed by atoms with Crippen molar-refractivity contribution in [2.75, 3.05) is 32.8 Å². The number of fused-ring (bicyclic) bond motifs is 2. The lowest BCUT2D eigenvalue weighted by molar-refractivity contribution is 0.102. The van der Waals surface area contributed by atoms with Crippen LogP contribution in [0.4, 0.5) is 5.69 Å². The zero-order valence-electron chi connectivity index (χ0n) is 17.3. The van der Waals surface area contributed by atoms with Crippen LogP contribution in [0.2, 0.25) is 0 Å². The van der Waals surface area contributed by atoms with Crippen molar-refractivity contribution in [2.45, 2.75) is 26.8 Å². The van der Waals surface area contributed by atoms with Crippen molar-refractivity contribution in [2.24, 2.45) is 7.05 Å². The Hall–Kier alpha value is -3.00.